The Balaban J connectivity index is 2.24. The third kappa shape index (κ3) is 2.41. The van der Waals surface area contributed by atoms with E-state index in [1.165, 1.54) is 6.07 Å². The average molecular weight is 299 g/mol. The van der Waals surface area contributed by atoms with Crippen LogP contribution in [-0.2, 0) is 4.79 Å². The number of fused-ring (bicyclic) bond motifs is 1. The molecule has 1 aliphatic heterocycles. The molecule has 6 heteroatoms. The third-order valence-corrected chi connectivity index (χ3v) is 3.91. The van der Waals surface area contributed by atoms with Crippen LogP contribution < -0.4 is 5.32 Å². The van der Waals surface area contributed by atoms with E-state index in [1.807, 2.05) is 0 Å². The highest BCUT2D eigenvalue weighted by Gasteiger charge is 2.25. The van der Waals surface area contributed by atoms with Crippen LogP contribution in [0.3, 0.4) is 0 Å². The maximum atomic E-state index is 11.6. The summed E-state index contributed by atoms with van der Waals surface area (Å²) in [4.78, 5) is 34.4. The first-order chi connectivity index (χ1) is 10.1. The molecule has 0 unspecified atom stereocenters. The fourth-order valence-electron chi connectivity index (χ4n) is 2.23. The standard InChI is InChI=1S/C15H9NO4S/c17-13-11(21-15(20)16-13)7-9-5-1-3-8-4-2-6-10(12(8)9)14(18)19/h1-7H,(H,18,19)(H,16,17,20). The van der Waals surface area contributed by atoms with Crippen LogP contribution in [0, 0.1) is 0 Å². The van der Waals surface area contributed by atoms with Gasteiger partial charge in [0, 0.05) is 5.39 Å². The van der Waals surface area contributed by atoms with Crippen molar-refractivity contribution in [2.45, 2.75) is 0 Å². The summed E-state index contributed by atoms with van der Waals surface area (Å²) in [6.45, 7) is 0. The van der Waals surface area contributed by atoms with Gasteiger partial charge in [-0.15, -0.1) is 0 Å². The van der Waals surface area contributed by atoms with Crippen LogP contribution in [0.25, 0.3) is 16.8 Å². The van der Waals surface area contributed by atoms with Crippen LogP contribution in [-0.4, -0.2) is 22.2 Å². The van der Waals surface area contributed by atoms with Crippen LogP contribution in [0.2, 0.25) is 0 Å². The van der Waals surface area contributed by atoms with E-state index in [0.29, 0.717) is 10.9 Å². The molecule has 1 aliphatic rings. The normalized spacial score (nSPS) is 16.5. The Hall–Kier alpha value is -2.60. The number of thioether (sulfide) groups is 1. The van der Waals surface area contributed by atoms with Crippen LogP contribution in [0.1, 0.15) is 15.9 Å². The molecular formula is C15H9NO4S. The van der Waals surface area contributed by atoms with Gasteiger partial charge >= 0.3 is 5.97 Å². The summed E-state index contributed by atoms with van der Waals surface area (Å²) in [5.41, 5.74) is 0.757. The molecule has 1 fully saturated rings. The first-order valence-corrected chi connectivity index (χ1v) is 6.88. The molecule has 2 N–H and O–H groups in total. The quantitative estimate of drug-likeness (QED) is 0.833. The van der Waals surface area contributed by atoms with Crippen molar-refractivity contribution in [3.8, 4) is 0 Å². The van der Waals surface area contributed by atoms with Crippen molar-refractivity contribution in [2.24, 2.45) is 0 Å². The molecule has 0 radical (unpaired) electrons. The smallest absolute Gasteiger partial charge is 0.336 e. The molecule has 0 bridgehead atoms. The number of hydrogen-bond donors (Lipinski definition) is 2. The number of aromatic carboxylic acids is 1. The van der Waals surface area contributed by atoms with E-state index in [9.17, 15) is 19.5 Å². The van der Waals surface area contributed by atoms with E-state index < -0.39 is 17.1 Å². The fraction of sp³-hybridized carbons (Fsp3) is 0. The lowest BCUT2D eigenvalue weighted by molar-refractivity contribution is -0.115. The van der Waals surface area contributed by atoms with E-state index in [2.05, 4.69) is 5.32 Å². The van der Waals surface area contributed by atoms with Gasteiger partial charge in [-0.3, -0.25) is 14.9 Å². The molecular weight excluding hydrogens is 290 g/mol. The molecule has 0 spiro atoms. The van der Waals surface area contributed by atoms with Crippen molar-refractivity contribution in [3.63, 3.8) is 0 Å². The Morgan fingerprint density at radius 1 is 1.14 bits per heavy atom. The molecule has 2 aromatic carbocycles. The van der Waals surface area contributed by atoms with Gasteiger partial charge in [-0.25, -0.2) is 4.79 Å². The summed E-state index contributed by atoms with van der Waals surface area (Å²) in [7, 11) is 0. The molecule has 104 valence electrons. The number of amides is 2. The van der Waals surface area contributed by atoms with Gasteiger partial charge in [0.05, 0.1) is 10.5 Å². The second kappa shape index (κ2) is 5.06. The van der Waals surface area contributed by atoms with Gasteiger partial charge in [0.15, 0.2) is 0 Å². The first kappa shape index (κ1) is 13.4. The van der Waals surface area contributed by atoms with Crippen molar-refractivity contribution in [3.05, 3.63) is 52.4 Å². The van der Waals surface area contributed by atoms with E-state index in [1.54, 1.807) is 36.4 Å². The monoisotopic (exact) mass is 299 g/mol. The van der Waals surface area contributed by atoms with Gasteiger partial charge < -0.3 is 5.11 Å². The largest absolute Gasteiger partial charge is 0.478 e. The van der Waals surface area contributed by atoms with E-state index >= 15 is 0 Å². The van der Waals surface area contributed by atoms with Gasteiger partial charge in [0.1, 0.15) is 0 Å². The van der Waals surface area contributed by atoms with Gasteiger partial charge in [-0.05, 0) is 34.9 Å². The molecule has 2 amide bonds. The molecule has 5 nitrogen and oxygen atoms in total. The lowest BCUT2D eigenvalue weighted by Crippen LogP contribution is -2.17. The zero-order chi connectivity index (χ0) is 15.0. The zero-order valence-electron chi connectivity index (χ0n) is 10.6. The van der Waals surface area contributed by atoms with E-state index in [0.717, 1.165) is 17.1 Å². The Bertz CT molecular complexity index is 820. The number of benzene rings is 2. The van der Waals surface area contributed by atoms with Gasteiger partial charge in [-0.2, -0.15) is 0 Å². The minimum atomic E-state index is -1.04. The lowest BCUT2D eigenvalue weighted by Gasteiger charge is -2.06. The summed E-state index contributed by atoms with van der Waals surface area (Å²) in [5, 5.41) is 12.4. The van der Waals surface area contributed by atoms with Crippen molar-refractivity contribution < 1.29 is 19.5 Å². The highest BCUT2D eigenvalue weighted by molar-refractivity contribution is 8.18. The van der Waals surface area contributed by atoms with Crippen molar-refractivity contribution in [2.75, 3.05) is 0 Å². The topological polar surface area (TPSA) is 83.5 Å². The minimum Gasteiger partial charge on any atom is -0.478 e. The maximum Gasteiger partial charge on any atom is 0.336 e. The number of imide groups is 1. The number of carboxylic acids is 1. The van der Waals surface area contributed by atoms with Crippen LogP contribution >= 0.6 is 11.8 Å². The Morgan fingerprint density at radius 2 is 1.86 bits per heavy atom. The fourth-order valence-corrected chi connectivity index (χ4v) is 2.90. The lowest BCUT2D eigenvalue weighted by atomic mass is 9.99. The number of carbonyl (C=O) groups is 3. The Labute approximate surface area is 123 Å². The van der Waals surface area contributed by atoms with E-state index in [4.69, 9.17) is 0 Å². The Morgan fingerprint density at radius 3 is 2.48 bits per heavy atom. The second-order valence-corrected chi connectivity index (χ2v) is 5.42. The van der Waals surface area contributed by atoms with Crippen LogP contribution in [0.4, 0.5) is 4.79 Å². The van der Waals surface area contributed by atoms with E-state index in [-0.39, 0.29) is 10.5 Å². The Kier molecular flexibility index (Phi) is 3.23. The molecule has 1 heterocycles. The molecule has 3 rings (SSSR count). The van der Waals surface area contributed by atoms with Crippen molar-refractivity contribution in [1.82, 2.24) is 5.32 Å². The number of carboxylic acid groups (broad SMARTS) is 1. The summed E-state index contributed by atoms with van der Waals surface area (Å²) >= 11 is 0.805. The summed E-state index contributed by atoms with van der Waals surface area (Å²) in [6.07, 6.45) is 1.54. The maximum absolute atomic E-state index is 11.6. The highest BCUT2D eigenvalue weighted by Crippen LogP contribution is 2.30. The molecule has 2 aromatic rings. The number of nitrogens with one attached hydrogen (secondary N) is 1. The second-order valence-electron chi connectivity index (χ2n) is 4.41. The molecule has 0 aliphatic carbocycles. The van der Waals surface area contributed by atoms with Crippen molar-refractivity contribution >= 4 is 45.7 Å². The number of carbonyl (C=O) groups excluding carboxylic acids is 2. The third-order valence-electron chi connectivity index (χ3n) is 3.10. The predicted molar refractivity (Wildman–Crippen MR) is 80.0 cm³/mol. The average Bonchev–Trinajstić information content (AvgIpc) is 2.76. The first-order valence-electron chi connectivity index (χ1n) is 6.06. The van der Waals surface area contributed by atoms with Crippen LogP contribution in [0.5, 0.6) is 0 Å². The molecule has 21 heavy (non-hydrogen) atoms. The zero-order valence-corrected chi connectivity index (χ0v) is 11.4. The number of hydrogen-bond acceptors (Lipinski definition) is 4. The summed E-state index contributed by atoms with van der Waals surface area (Å²) in [6, 6.07) is 10.3. The minimum absolute atomic E-state index is 0.162. The number of rotatable bonds is 2. The van der Waals surface area contributed by atoms with Gasteiger partial charge in [-0.1, -0.05) is 30.3 Å². The summed E-state index contributed by atoms with van der Waals surface area (Å²) in [5.74, 6) is -1.50. The molecule has 0 atom stereocenters. The molecule has 0 saturated carbocycles. The van der Waals surface area contributed by atoms with Crippen molar-refractivity contribution in [1.29, 1.82) is 0 Å². The van der Waals surface area contributed by atoms with Gasteiger partial charge in [0.25, 0.3) is 11.1 Å². The van der Waals surface area contributed by atoms with Gasteiger partial charge in [0.2, 0.25) is 0 Å². The highest BCUT2D eigenvalue weighted by atomic mass is 32.2. The molecule has 1 saturated heterocycles. The predicted octanol–water partition coefficient (Wildman–Crippen LogP) is 2.86. The SMILES string of the molecule is O=C1NC(=O)C(=Cc2cccc3cccc(C(=O)O)c23)S1. The summed E-state index contributed by atoms with van der Waals surface area (Å²) < 4.78 is 0. The van der Waals surface area contributed by atoms with Crippen LogP contribution in [0.15, 0.2) is 41.3 Å². The molecule has 0 aromatic heterocycles.